The summed E-state index contributed by atoms with van der Waals surface area (Å²) in [4.78, 5) is 4.60. The number of ether oxygens (including phenoxy) is 2. The van der Waals surface area contributed by atoms with Gasteiger partial charge in [-0.15, -0.1) is 11.3 Å². The van der Waals surface area contributed by atoms with E-state index in [2.05, 4.69) is 4.98 Å². The Morgan fingerprint density at radius 2 is 1.67 bits per heavy atom. The topological polar surface area (TPSA) is 31.4 Å². The lowest BCUT2D eigenvalue weighted by molar-refractivity contribution is -0.140. The molecule has 0 aliphatic heterocycles. The van der Waals surface area contributed by atoms with Crippen molar-refractivity contribution in [1.29, 1.82) is 0 Å². The third-order valence-corrected chi connectivity index (χ3v) is 4.78. The summed E-state index contributed by atoms with van der Waals surface area (Å²) in [6.45, 7) is 4.89. The first-order chi connectivity index (χ1) is 12.9. The maximum Gasteiger partial charge on any atom is 0.433 e. The molecule has 144 valence electrons. The molecule has 0 atom stereocenters. The summed E-state index contributed by atoms with van der Waals surface area (Å²) in [5, 5.41) is 2.45. The molecule has 0 N–H and O–H groups in total. The quantitative estimate of drug-likeness (QED) is 0.454. The van der Waals surface area contributed by atoms with E-state index in [1.165, 1.54) is 11.3 Å². The van der Waals surface area contributed by atoms with Crippen molar-refractivity contribution < 1.29 is 22.6 Å². The SMILES string of the molecule is CCCOc1cc2nc(C(F)(F)F)cc(-c3cccs3)c2cc1OCCC. The van der Waals surface area contributed by atoms with E-state index in [1.807, 2.05) is 25.3 Å². The summed E-state index contributed by atoms with van der Waals surface area (Å²) >= 11 is 1.38. The number of alkyl halides is 3. The van der Waals surface area contributed by atoms with Crippen molar-refractivity contribution in [3.63, 3.8) is 0 Å². The molecule has 0 saturated heterocycles. The van der Waals surface area contributed by atoms with Crippen molar-refractivity contribution >= 4 is 22.2 Å². The van der Waals surface area contributed by atoms with Crippen molar-refractivity contribution in [2.45, 2.75) is 32.9 Å². The van der Waals surface area contributed by atoms with Crippen LogP contribution in [0.2, 0.25) is 0 Å². The van der Waals surface area contributed by atoms with E-state index in [0.717, 1.165) is 23.8 Å². The summed E-state index contributed by atoms with van der Waals surface area (Å²) in [5.74, 6) is 0.943. The Morgan fingerprint density at radius 1 is 1.00 bits per heavy atom. The molecule has 3 rings (SSSR count). The highest BCUT2D eigenvalue weighted by molar-refractivity contribution is 7.13. The molecule has 7 heteroatoms. The van der Waals surface area contributed by atoms with Crippen LogP contribution in [0.4, 0.5) is 13.2 Å². The average molecular weight is 395 g/mol. The molecule has 0 unspecified atom stereocenters. The highest BCUT2D eigenvalue weighted by Crippen LogP contribution is 2.41. The first-order valence-electron chi connectivity index (χ1n) is 8.79. The fourth-order valence-corrected chi connectivity index (χ4v) is 3.42. The molecule has 0 amide bonds. The second-order valence-corrected chi connectivity index (χ2v) is 6.99. The first kappa shape index (κ1) is 19.5. The van der Waals surface area contributed by atoms with Gasteiger partial charge in [0.2, 0.25) is 0 Å². The molecule has 0 aliphatic carbocycles. The number of thiophene rings is 1. The van der Waals surface area contributed by atoms with Crippen LogP contribution in [-0.2, 0) is 6.18 Å². The second kappa shape index (κ2) is 8.17. The van der Waals surface area contributed by atoms with Crippen LogP contribution in [-0.4, -0.2) is 18.2 Å². The van der Waals surface area contributed by atoms with Gasteiger partial charge in [-0.25, -0.2) is 4.98 Å². The van der Waals surface area contributed by atoms with Crippen LogP contribution in [0, 0.1) is 0 Å². The number of halogens is 3. The molecule has 2 aromatic heterocycles. The van der Waals surface area contributed by atoms with Crippen molar-refractivity contribution in [2.24, 2.45) is 0 Å². The predicted octanol–water partition coefficient (Wildman–Crippen LogP) is 6.56. The minimum Gasteiger partial charge on any atom is -0.490 e. The standard InChI is InChI=1S/C20H20F3NO2S/c1-3-7-25-16-10-13-14(18-6-5-9-27-18)11-19(20(21,22)23)24-15(13)12-17(16)26-8-4-2/h5-6,9-12H,3-4,7-8H2,1-2H3. The lowest BCUT2D eigenvalue weighted by Gasteiger charge is -2.16. The number of hydrogen-bond acceptors (Lipinski definition) is 4. The maximum atomic E-state index is 13.4. The van der Waals surface area contributed by atoms with Crippen LogP contribution in [0.5, 0.6) is 11.5 Å². The van der Waals surface area contributed by atoms with Gasteiger partial charge in [0.05, 0.1) is 18.7 Å². The zero-order chi connectivity index (χ0) is 19.4. The fraction of sp³-hybridized carbons (Fsp3) is 0.350. The van der Waals surface area contributed by atoms with Crippen LogP contribution >= 0.6 is 11.3 Å². The summed E-state index contributed by atoms with van der Waals surface area (Å²) in [5.41, 5.74) is -0.184. The Morgan fingerprint density at radius 3 is 2.22 bits per heavy atom. The summed E-state index contributed by atoms with van der Waals surface area (Å²) < 4.78 is 51.6. The monoisotopic (exact) mass is 395 g/mol. The largest absolute Gasteiger partial charge is 0.490 e. The fourth-order valence-electron chi connectivity index (χ4n) is 2.66. The van der Waals surface area contributed by atoms with Crippen molar-refractivity contribution in [1.82, 2.24) is 4.98 Å². The van der Waals surface area contributed by atoms with Crippen LogP contribution in [0.25, 0.3) is 21.3 Å². The van der Waals surface area contributed by atoms with Crippen LogP contribution < -0.4 is 9.47 Å². The Kier molecular flexibility index (Phi) is 5.89. The smallest absolute Gasteiger partial charge is 0.433 e. The molecule has 0 radical (unpaired) electrons. The number of hydrogen-bond donors (Lipinski definition) is 0. The molecular weight excluding hydrogens is 375 g/mol. The third kappa shape index (κ3) is 4.35. The predicted molar refractivity (Wildman–Crippen MR) is 102 cm³/mol. The van der Waals surface area contributed by atoms with Crippen molar-refractivity contribution in [3.8, 4) is 21.9 Å². The average Bonchev–Trinajstić information content (AvgIpc) is 3.17. The van der Waals surface area contributed by atoms with E-state index in [1.54, 1.807) is 18.2 Å². The number of rotatable bonds is 7. The zero-order valence-corrected chi connectivity index (χ0v) is 15.9. The Bertz CT molecular complexity index is 908. The molecule has 0 saturated carbocycles. The summed E-state index contributed by atoms with van der Waals surface area (Å²) in [6, 6.07) is 7.99. The van der Waals surface area contributed by atoms with Gasteiger partial charge in [0.25, 0.3) is 0 Å². The van der Waals surface area contributed by atoms with Gasteiger partial charge in [0.1, 0.15) is 5.69 Å². The minimum absolute atomic E-state index is 0.239. The normalized spacial score (nSPS) is 11.7. The van der Waals surface area contributed by atoms with Gasteiger partial charge in [-0.1, -0.05) is 19.9 Å². The molecule has 1 aromatic carbocycles. The number of aromatic nitrogens is 1. The minimum atomic E-state index is -4.53. The van der Waals surface area contributed by atoms with E-state index in [0.29, 0.717) is 35.7 Å². The van der Waals surface area contributed by atoms with Gasteiger partial charge < -0.3 is 9.47 Å². The Balaban J connectivity index is 2.24. The molecule has 3 aromatic rings. The van der Waals surface area contributed by atoms with Crippen LogP contribution in [0.15, 0.2) is 35.7 Å². The molecule has 0 bridgehead atoms. The number of nitrogens with zero attached hydrogens (tertiary/aromatic N) is 1. The van der Waals surface area contributed by atoms with Gasteiger partial charge in [-0.05, 0) is 36.4 Å². The van der Waals surface area contributed by atoms with E-state index in [4.69, 9.17) is 9.47 Å². The van der Waals surface area contributed by atoms with Crippen molar-refractivity contribution in [2.75, 3.05) is 13.2 Å². The zero-order valence-electron chi connectivity index (χ0n) is 15.1. The van der Waals surface area contributed by atoms with E-state index in [9.17, 15) is 13.2 Å². The highest BCUT2D eigenvalue weighted by atomic mass is 32.1. The summed E-state index contributed by atoms with van der Waals surface area (Å²) in [7, 11) is 0. The van der Waals surface area contributed by atoms with Gasteiger partial charge in [-0.2, -0.15) is 13.2 Å². The van der Waals surface area contributed by atoms with Crippen LogP contribution in [0.1, 0.15) is 32.4 Å². The second-order valence-electron chi connectivity index (χ2n) is 6.04. The Labute approximate surface area is 159 Å². The first-order valence-corrected chi connectivity index (χ1v) is 9.67. The van der Waals surface area contributed by atoms with E-state index < -0.39 is 11.9 Å². The Hall–Kier alpha value is -2.28. The molecule has 2 heterocycles. The molecule has 0 fully saturated rings. The molecule has 27 heavy (non-hydrogen) atoms. The van der Waals surface area contributed by atoms with Crippen LogP contribution in [0.3, 0.4) is 0 Å². The molecule has 0 spiro atoms. The van der Waals surface area contributed by atoms with Gasteiger partial charge >= 0.3 is 6.18 Å². The van der Waals surface area contributed by atoms with Gasteiger partial charge in [-0.3, -0.25) is 0 Å². The molecular formula is C20H20F3NO2S. The van der Waals surface area contributed by atoms with Crippen molar-refractivity contribution in [3.05, 3.63) is 41.4 Å². The van der Waals surface area contributed by atoms with Gasteiger partial charge in [0.15, 0.2) is 11.5 Å². The number of benzene rings is 1. The highest BCUT2D eigenvalue weighted by Gasteiger charge is 2.34. The maximum absolute atomic E-state index is 13.4. The lowest BCUT2D eigenvalue weighted by atomic mass is 10.0. The number of fused-ring (bicyclic) bond motifs is 1. The van der Waals surface area contributed by atoms with E-state index >= 15 is 0 Å². The molecule has 3 nitrogen and oxygen atoms in total. The lowest BCUT2D eigenvalue weighted by Crippen LogP contribution is -2.09. The van der Waals surface area contributed by atoms with Gasteiger partial charge in [0, 0.05) is 21.9 Å². The van der Waals surface area contributed by atoms with E-state index in [-0.39, 0.29) is 5.52 Å². The summed E-state index contributed by atoms with van der Waals surface area (Å²) in [6.07, 6.45) is -2.93. The molecule has 0 aliphatic rings. The number of pyridine rings is 1. The third-order valence-electron chi connectivity index (χ3n) is 3.87.